The Labute approximate surface area is 220 Å². The van der Waals surface area contributed by atoms with Crippen LogP contribution in [0.25, 0.3) is 6.08 Å². The molecule has 36 heavy (non-hydrogen) atoms. The van der Waals surface area contributed by atoms with Gasteiger partial charge in [-0.1, -0.05) is 48.0 Å². The molecular weight excluding hydrogens is 550 g/mol. The Balaban J connectivity index is 1.56. The second-order valence-electron chi connectivity index (χ2n) is 7.75. The number of rotatable bonds is 7. The molecule has 0 aliphatic carbocycles. The summed E-state index contributed by atoms with van der Waals surface area (Å²) < 4.78 is 11.5. The number of carbonyl (C=O) groups is 3. The molecule has 0 unspecified atom stereocenters. The molecule has 3 aromatic rings. The van der Waals surface area contributed by atoms with Crippen LogP contribution < -0.4 is 25.2 Å². The number of hydrogen-bond donors (Lipinski definition) is 2. The monoisotopic (exact) mass is 569 g/mol. The Hall–Kier alpha value is -3.82. The summed E-state index contributed by atoms with van der Waals surface area (Å²) in [6, 6.07) is 17.7. The van der Waals surface area contributed by atoms with Crippen molar-refractivity contribution >= 4 is 62.7 Å². The number of hydrogen-bond acceptors (Lipinski definition) is 5. The second kappa shape index (κ2) is 10.8. The summed E-state index contributed by atoms with van der Waals surface area (Å²) in [7, 11) is 1.42. The highest BCUT2D eigenvalue weighted by Crippen LogP contribution is 2.43. The van der Waals surface area contributed by atoms with Crippen LogP contribution in [0.2, 0.25) is 5.02 Å². The number of nitrogens with one attached hydrogen (secondary N) is 2. The average molecular weight is 571 g/mol. The molecule has 1 heterocycles. The number of nitrogens with zero attached hydrogens (tertiary/aromatic N) is 1. The molecule has 4 rings (SSSR count). The summed E-state index contributed by atoms with van der Waals surface area (Å²) in [6.07, 6.45) is 1.41. The lowest BCUT2D eigenvalue weighted by molar-refractivity contribution is -0.118. The summed E-state index contributed by atoms with van der Waals surface area (Å²) in [5, 5.41) is 4.08. The first kappa shape index (κ1) is 25.3. The number of anilines is 2. The van der Waals surface area contributed by atoms with Gasteiger partial charge in [-0.05, 0) is 64.3 Å². The highest BCUT2D eigenvalue weighted by molar-refractivity contribution is 9.10. The molecule has 0 saturated carbocycles. The zero-order valence-electron chi connectivity index (χ0n) is 19.3. The van der Waals surface area contributed by atoms with Gasteiger partial charge < -0.3 is 14.8 Å². The summed E-state index contributed by atoms with van der Waals surface area (Å²) in [5.41, 5.74) is 5.01. The van der Waals surface area contributed by atoms with Crippen molar-refractivity contribution in [3.63, 3.8) is 0 Å². The van der Waals surface area contributed by atoms with Crippen LogP contribution in [0.15, 0.2) is 70.7 Å². The molecule has 0 atom stereocenters. The molecule has 0 bridgehead atoms. The fraction of sp³-hybridized carbons (Fsp3) is 0.115. The van der Waals surface area contributed by atoms with Gasteiger partial charge in [-0.25, -0.2) is 5.01 Å². The third kappa shape index (κ3) is 5.22. The van der Waals surface area contributed by atoms with Gasteiger partial charge in [0.25, 0.3) is 17.7 Å². The first-order chi connectivity index (χ1) is 17.3. The molecule has 0 spiro atoms. The third-order valence-corrected chi connectivity index (χ3v) is 6.79. The van der Waals surface area contributed by atoms with E-state index in [0.29, 0.717) is 21.4 Å². The zero-order chi connectivity index (χ0) is 25.8. The third-order valence-electron chi connectivity index (χ3n) is 5.35. The number of hydrazine groups is 1. The molecular formula is C26H21BrClN3O5. The fourth-order valence-electron chi connectivity index (χ4n) is 3.50. The maximum atomic E-state index is 12.9. The van der Waals surface area contributed by atoms with Crippen molar-refractivity contribution in [2.24, 2.45) is 0 Å². The molecule has 1 aliphatic rings. The van der Waals surface area contributed by atoms with E-state index in [1.165, 1.54) is 18.2 Å². The number of carbonyl (C=O) groups excluding carboxylic acids is 3. The van der Waals surface area contributed by atoms with E-state index in [9.17, 15) is 14.4 Å². The Morgan fingerprint density at radius 3 is 2.53 bits per heavy atom. The predicted octanol–water partition coefficient (Wildman–Crippen LogP) is 4.90. The SMILES string of the molecule is COc1cc(/C=C2/C(=O)NN(c3ccccc3)C2=O)c(Br)c(Cl)c1OCC(=O)Nc1ccccc1C. The van der Waals surface area contributed by atoms with E-state index in [-0.39, 0.29) is 34.6 Å². The Kier molecular flexibility index (Phi) is 7.61. The van der Waals surface area contributed by atoms with Gasteiger partial charge in [0, 0.05) is 10.2 Å². The molecule has 3 aromatic carbocycles. The topological polar surface area (TPSA) is 97.0 Å². The average Bonchev–Trinajstić information content (AvgIpc) is 3.16. The van der Waals surface area contributed by atoms with Gasteiger partial charge in [-0.3, -0.25) is 19.8 Å². The molecule has 8 nitrogen and oxygen atoms in total. The maximum absolute atomic E-state index is 12.9. The maximum Gasteiger partial charge on any atom is 0.282 e. The minimum absolute atomic E-state index is 0.0797. The first-order valence-corrected chi connectivity index (χ1v) is 11.9. The highest BCUT2D eigenvalue weighted by Gasteiger charge is 2.34. The van der Waals surface area contributed by atoms with Crippen LogP contribution in [-0.2, 0) is 14.4 Å². The highest BCUT2D eigenvalue weighted by atomic mass is 79.9. The summed E-state index contributed by atoms with van der Waals surface area (Å²) in [6.45, 7) is 1.57. The minimum Gasteiger partial charge on any atom is -0.493 e. The fourth-order valence-corrected chi connectivity index (χ4v) is 4.17. The van der Waals surface area contributed by atoms with Gasteiger partial charge in [0.05, 0.1) is 12.8 Å². The smallest absolute Gasteiger partial charge is 0.282 e. The molecule has 184 valence electrons. The van der Waals surface area contributed by atoms with Gasteiger partial charge in [0.2, 0.25) is 0 Å². The molecule has 10 heteroatoms. The number of para-hydroxylation sites is 2. The molecule has 1 aliphatic heterocycles. The standard InChI is InChI=1S/C26H21BrClN3O5/c1-15-8-6-7-11-19(15)29-21(32)14-36-24-20(35-2)13-16(22(27)23(24)28)12-18-25(33)30-31(26(18)34)17-9-4-3-5-10-17/h3-13H,14H2,1-2H3,(H,29,32)(H,30,33)/b18-12-. The van der Waals surface area contributed by atoms with Gasteiger partial charge in [0.15, 0.2) is 18.1 Å². The van der Waals surface area contributed by atoms with Crippen molar-refractivity contribution in [1.29, 1.82) is 0 Å². The Bertz CT molecular complexity index is 1380. The van der Waals surface area contributed by atoms with E-state index in [1.54, 1.807) is 36.4 Å². The lowest BCUT2D eigenvalue weighted by Gasteiger charge is -2.16. The quantitative estimate of drug-likeness (QED) is 0.311. The van der Waals surface area contributed by atoms with Crippen LogP contribution in [0.1, 0.15) is 11.1 Å². The number of amides is 3. The van der Waals surface area contributed by atoms with E-state index in [4.69, 9.17) is 21.1 Å². The van der Waals surface area contributed by atoms with Crippen molar-refractivity contribution in [3.8, 4) is 11.5 Å². The van der Waals surface area contributed by atoms with Crippen molar-refractivity contribution in [3.05, 3.63) is 86.9 Å². The van der Waals surface area contributed by atoms with E-state index in [0.717, 1.165) is 5.56 Å². The molecule has 2 N–H and O–H groups in total. The number of ether oxygens (including phenoxy) is 2. The molecule has 3 amide bonds. The molecule has 0 radical (unpaired) electrons. The van der Waals surface area contributed by atoms with Crippen LogP contribution in [-0.4, -0.2) is 31.4 Å². The Morgan fingerprint density at radius 2 is 1.83 bits per heavy atom. The van der Waals surface area contributed by atoms with Gasteiger partial charge in [-0.15, -0.1) is 0 Å². The van der Waals surface area contributed by atoms with Gasteiger partial charge in [0.1, 0.15) is 10.6 Å². The van der Waals surface area contributed by atoms with Crippen LogP contribution in [0.5, 0.6) is 11.5 Å². The van der Waals surface area contributed by atoms with E-state index < -0.39 is 11.8 Å². The van der Waals surface area contributed by atoms with Crippen LogP contribution in [0.3, 0.4) is 0 Å². The van der Waals surface area contributed by atoms with Gasteiger partial charge in [-0.2, -0.15) is 0 Å². The number of methoxy groups -OCH3 is 1. The predicted molar refractivity (Wildman–Crippen MR) is 141 cm³/mol. The lowest BCUT2D eigenvalue weighted by Crippen LogP contribution is -2.35. The van der Waals surface area contributed by atoms with Gasteiger partial charge >= 0.3 is 0 Å². The molecule has 1 fully saturated rings. The second-order valence-corrected chi connectivity index (χ2v) is 8.92. The van der Waals surface area contributed by atoms with Crippen LogP contribution >= 0.6 is 27.5 Å². The summed E-state index contributed by atoms with van der Waals surface area (Å²) in [5.74, 6) is -1.08. The number of aryl methyl sites for hydroxylation is 1. The number of benzene rings is 3. The number of halogens is 2. The molecule has 0 aromatic heterocycles. The van der Waals surface area contributed by atoms with Crippen molar-refractivity contribution in [2.45, 2.75) is 6.92 Å². The first-order valence-electron chi connectivity index (χ1n) is 10.8. The largest absolute Gasteiger partial charge is 0.493 e. The zero-order valence-corrected chi connectivity index (χ0v) is 21.6. The van der Waals surface area contributed by atoms with E-state index in [1.807, 2.05) is 31.2 Å². The molecule has 1 saturated heterocycles. The lowest BCUT2D eigenvalue weighted by atomic mass is 10.1. The van der Waals surface area contributed by atoms with Crippen molar-refractivity contribution in [1.82, 2.24) is 5.43 Å². The summed E-state index contributed by atoms with van der Waals surface area (Å²) in [4.78, 5) is 37.9. The van der Waals surface area contributed by atoms with Crippen LogP contribution in [0.4, 0.5) is 11.4 Å². The van der Waals surface area contributed by atoms with Crippen molar-refractivity contribution < 1.29 is 23.9 Å². The normalized spacial score (nSPS) is 14.1. The van der Waals surface area contributed by atoms with E-state index in [2.05, 4.69) is 26.7 Å². The Morgan fingerprint density at radius 1 is 1.14 bits per heavy atom. The van der Waals surface area contributed by atoms with Crippen molar-refractivity contribution in [2.75, 3.05) is 24.0 Å². The van der Waals surface area contributed by atoms with Crippen LogP contribution in [0, 0.1) is 6.92 Å². The minimum atomic E-state index is -0.556. The summed E-state index contributed by atoms with van der Waals surface area (Å²) >= 11 is 9.93. The van der Waals surface area contributed by atoms with E-state index >= 15 is 0 Å².